The van der Waals surface area contributed by atoms with E-state index in [1.165, 1.54) is 5.56 Å². The zero-order valence-corrected chi connectivity index (χ0v) is 9.79. The van der Waals surface area contributed by atoms with Crippen LogP contribution in [0.3, 0.4) is 0 Å². The number of para-hydroxylation sites is 1. The van der Waals surface area contributed by atoms with E-state index in [1.54, 1.807) is 12.1 Å². The van der Waals surface area contributed by atoms with Gasteiger partial charge in [0, 0.05) is 11.7 Å². The summed E-state index contributed by atoms with van der Waals surface area (Å²) in [5, 5.41) is 3.34. The summed E-state index contributed by atoms with van der Waals surface area (Å²) in [5.74, 6) is -1.50. The number of nitrogens with one attached hydrogen (secondary N) is 1. The van der Waals surface area contributed by atoms with Gasteiger partial charge in [-0.1, -0.05) is 30.3 Å². The molecule has 3 rings (SSSR count). The second-order valence-corrected chi connectivity index (χ2v) is 4.62. The molecule has 92 valence electrons. The van der Waals surface area contributed by atoms with Crippen molar-refractivity contribution in [3.05, 3.63) is 65.2 Å². The topological polar surface area (TPSA) is 12.0 Å². The zero-order valence-electron chi connectivity index (χ0n) is 9.79. The SMILES string of the molecule is Fc1cccc(CC2Cc3ccccc3N2)c1F. The molecule has 0 bridgehead atoms. The van der Waals surface area contributed by atoms with Crippen molar-refractivity contribution in [2.75, 3.05) is 5.32 Å². The first kappa shape index (κ1) is 11.2. The van der Waals surface area contributed by atoms with Gasteiger partial charge < -0.3 is 5.32 Å². The average molecular weight is 245 g/mol. The van der Waals surface area contributed by atoms with E-state index in [1.807, 2.05) is 18.2 Å². The molecule has 0 saturated heterocycles. The molecule has 0 radical (unpaired) electrons. The van der Waals surface area contributed by atoms with E-state index in [0.717, 1.165) is 18.2 Å². The zero-order chi connectivity index (χ0) is 12.5. The highest BCUT2D eigenvalue weighted by atomic mass is 19.2. The molecule has 0 aliphatic carbocycles. The third kappa shape index (κ3) is 1.96. The second kappa shape index (κ2) is 4.41. The molecule has 0 aromatic heterocycles. The molecule has 1 nitrogen and oxygen atoms in total. The van der Waals surface area contributed by atoms with E-state index >= 15 is 0 Å². The van der Waals surface area contributed by atoms with Crippen LogP contribution in [0.25, 0.3) is 0 Å². The lowest BCUT2D eigenvalue weighted by atomic mass is 10.0. The number of halogens is 2. The Morgan fingerprint density at radius 3 is 2.72 bits per heavy atom. The van der Waals surface area contributed by atoms with Crippen LogP contribution in [-0.2, 0) is 12.8 Å². The smallest absolute Gasteiger partial charge is 0.162 e. The first-order valence-corrected chi connectivity index (χ1v) is 6.01. The Labute approximate surface area is 104 Å². The molecule has 1 aliphatic heterocycles. The molecular weight excluding hydrogens is 232 g/mol. The van der Waals surface area contributed by atoms with Crippen LogP contribution in [0.4, 0.5) is 14.5 Å². The molecule has 2 aromatic rings. The lowest BCUT2D eigenvalue weighted by Gasteiger charge is -2.12. The third-order valence-corrected chi connectivity index (χ3v) is 3.34. The molecule has 1 atom stereocenters. The normalized spacial score (nSPS) is 17.3. The summed E-state index contributed by atoms with van der Waals surface area (Å²) < 4.78 is 26.7. The highest BCUT2D eigenvalue weighted by Crippen LogP contribution is 2.27. The molecular formula is C15H13F2N. The van der Waals surface area contributed by atoms with Gasteiger partial charge in [-0.2, -0.15) is 0 Å². The monoisotopic (exact) mass is 245 g/mol. The van der Waals surface area contributed by atoms with E-state index in [9.17, 15) is 8.78 Å². The number of anilines is 1. The minimum Gasteiger partial charge on any atom is -0.381 e. The minimum absolute atomic E-state index is 0.138. The van der Waals surface area contributed by atoms with Crippen LogP contribution in [0, 0.1) is 11.6 Å². The van der Waals surface area contributed by atoms with Crippen LogP contribution < -0.4 is 5.32 Å². The molecule has 0 saturated carbocycles. The van der Waals surface area contributed by atoms with Crippen LogP contribution >= 0.6 is 0 Å². The van der Waals surface area contributed by atoms with Crippen molar-refractivity contribution in [3.63, 3.8) is 0 Å². The Hall–Kier alpha value is -1.90. The minimum atomic E-state index is -0.775. The Bertz CT molecular complexity index is 555. The van der Waals surface area contributed by atoms with E-state index in [4.69, 9.17) is 0 Å². The molecule has 0 spiro atoms. The van der Waals surface area contributed by atoms with Crippen molar-refractivity contribution in [1.29, 1.82) is 0 Å². The summed E-state index contributed by atoms with van der Waals surface area (Å²) >= 11 is 0. The van der Waals surface area contributed by atoms with E-state index in [0.29, 0.717) is 12.0 Å². The van der Waals surface area contributed by atoms with E-state index in [-0.39, 0.29) is 6.04 Å². The Kier molecular flexibility index (Phi) is 2.74. The largest absolute Gasteiger partial charge is 0.381 e. The van der Waals surface area contributed by atoms with Gasteiger partial charge in [-0.25, -0.2) is 8.78 Å². The molecule has 1 unspecified atom stereocenters. The molecule has 1 heterocycles. The van der Waals surface area contributed by atoms with Gasteiger partial charge in [0.1, 0.15) is 0 Å². The van der Waals surface area contributed by atoms with Gasteiger partial charge in [-0.15, -0.1) is 0 Å². The van der Waals surface area contributed by atoms with Gasteiger partial charge in [0.05, 0.1) is 0 Å². The summed E-state index contributed by atoms with van der Waals surface area (Å²) in [4.78, 5) is 0. The van der Waals surface area contributed by atoms with E-state index in [2.05, 4.69) is 11.4 Å². The fourth-order valence-electron chi connectivity index (χ4n) is 2.47. The average Bonchev–Trinajstić information content (AvgIpc) is 2.77. The number of fused-ring (bicyclic) bond motifs is 1. The van der Waals surface area contributed by atoms with Gasteiger partial charge in [0.15, 0.2) is 11.6 Å². The molecule has 1 N–H and O–H groups in total. The van der Waals surface area contributed by atoms with Crippen molar-refractivity contribution < 1.29 is 8.78 Å². The fourth-order valence-corrected chi connectivity index (χ4v) is 2.47. The van der Waals surface area contributed by atoms with Crippen LogP contribution in [0.5, 0.6) is 0 Å². The lowest BCUT2D eigenvalue weighted by molar-refractivity contribution is 0.495. The summed E-state index contributed by atoms with van der Waals surface area (Å²) in [7, 11) is 0. The van der Waals surface area contributed by atoms with Crippen molar-refractivity contribution in [2.45, 2.75) is 18.9 Å². The molecule has 2 aromatic carbocycles. The summed E-state index contributed by atoms with van der Waals surface area (Å²) in [5.41, 5.74) is 2.76. The maximum Gasteiger partial charge on any atom is 0.162 e. The standard InChI is InChI=1S/C15H13F2N/c16-13-6-3-5-11(15(13)17)9-12-8-10-4-1-2-7-14(10)18-12/h1-7,12,18H,8-9H2. The molecule has 1 aliphatic rings. The number of hydrogen-bond acceptors (Lipinski definition) is 1. The van der Waals surface area contributed by atoms with Crippen LogP contribution in [0.2, 0.25) is 0 Å². The van der Waals surface area contributed by atoms with Crippen molar-refractivity contribution in [2.24, 2.45) is 0 Å². The van der Waals surface area contributed by atoms with Crippen molar-refractivity contribution in [3.8, 4) is 0 Å². The van der Waals surface area contributed by atoms with Gasteiger partial charge in [0.25, 0.3) is 0 Å². The molecule has 0 fully saturated rings. The summed E-state index contributed by atoms with van der Waals surface area (Å²) in [6, 6.07) is 12.5. The van der Waals surface area contributed by atoms with Crippen LogP contribution in [-0.4, -0.2) is 6.04 Å². The maximum absolute atomic E-state index is 13.6. The molecule has 3 heteroatoms. The van der Waals surface area contributed by atoms with E-state index < -0.39 is 11.6 Å². The highest BCUT2D eigenvalue weighted by Gasteiger charge is 2.21. The first-order valence-electron chi connectivity index (χ1n) is 6.01. The maximum atomic E-state index is 13.6. The fraction of sp³-hybridized carbons (Fsp3) is 0.200. The Morgan fingerprint density at radius 2 is 1.89 bits per heavy atom. The molecule has 0 amide bonds. The highest BCUT2D eigenvalue weighted by molar-refractivity contribution is 5.56. The number of rotatable bonds is 2. The summed E-state index contributed by atoms with van der Waals surface area (Å²) in [6.07, 6.45) is 1.35. The van der Waals surface area contributed by atoms with Gasteiger partial charge in [-0.05, 0) is 36.1 Å². The van der Waals surface area contributed by atoms with Crippen LogP contribution in [0.15, 0.2) is 42.5 Å². The van der Waals surface area contributed by atoms with Crippen molar-refractivity contribution in [1.82, 2.24) is 0 Å². The Balaban J connectivity index is 1.78. The predicted molar refractivity (Wildman–Crippen MR) is 67.6 cm³/mol. The van der Waals surface area contributed by atoms with Crippen LogP contribution in [0.1, 0.15) is 11.1 Å². The van der Waals surface area contributed by atoms with Gasteiger partial charge >= 0.3 is 0 Å². The van der Waals surface area contributed by atoms with Crippen molar-refractivity contribution >= 4 is 5.69 Å². The number of hydrogen-bond donors (Lipinski definition) is 1. The second-order valence-electron chi connectivity index (χ2n) is 4.62. The number of benzene rings is 2. The van der Waals surface area contributed by atoms with Gasteiger partial charge in [0.2, 0.25) is 0 Å². The predicted octanol–water partition coefficient (Wildman–Crippen LogP) is 3.54. The molecule has 18 heavy (non-hydrogen) atoms. The summed E-state index contributed by atoms with van der Waals surface area (Å²) in [6.45, 7) is 0. The van der Waals surface area contributed by atoms with Gasteiger partial charge in [-0.3, -0.25) is 0 Å². The first-order chi connectivity index (χ1) is 8.74. The Morgan fingerprint density at radius 1 is 1.06 bits per heavy atom. The third-order valence-electron chi connectivity index (χ3n) is 3.34. The lowest BCUT2D eigenvalue weighted by Crippen LogP contribution is -2.19. The quantitative estimate of drug-likeness (QED) is 0.853.